The Morgan fingerprint density at radius 2 is 2.00 bits per heavy atom. The van der Waals surface area contributed by atoms with Crippen LogP contribution in [-0.2, 0) is 4.79 Å². The molecule has 0 fully saturated rings. The molecule has 0 bridgehead atoms. The summed E-state index contributed by atoms with van der Waals surface area (Å²) in [6.07, 6.45) is 1.45. The molecule has 0 atom stereocenters. The molecular formula is C21H20N2O6. The molecule has 150 valence electrons. The molecule has 3 aromatic rings. The number of rotatable bonds is 7. The first-order valence-corrected chi connectivity index (χ1v) is 8.72. The Morgan fingerprint density at radius 1 is 1.17 bits per heavy atom. The van der Waals surface area contributed by atoms with E-state index in [0.717, 1.165) is 10.9 Å². The summed E-state index contributed by atoms with van der Waals surface area (Å²) in [6.45, 7) is 1.57. The maximum Gasteiger partial charge on any atom is 0.336 e. The van der Waals surface area contributed by atoms with Gasteiger partial charge in [0, 0.05) is 23.1 Å². The molecule has 1 aromatic heterocycles. The van der Waals surface area contributed by atoms with Gasteiger partial charge in [-0.3, -0.25) is 4.79 Å². The first-order valence-electron chi connectivity index (χ1n) is 8.72. The van der Waals surface area contributed by atoms with Crippen molar-refractivity contribution in [2.45, 2.75) is 6.92 Å². The number of benzene rings is 2. The van der Waals surface area contributed by atoms with E-state index in [-0.39, 0.29) is 6.61 Å². The van der Waals surface area contributed by atoms with Crippen LogP contribution in [0.2, 0.25) is 0 Å². The zero-order valence-electron chi connectivity index (χ0n) is 16.2. The molecule has 2 aromatic carbocycles. The average molecular weight is 396 g/mol. The lowest BCUT2D eigenvalue weighted by molar-refractivity contribution is -0.123. The topological polar surface area (TPSA) is 99.4 Å². The number of nitrogens with one attached hydrogen (secondary N) is 1. The van der Waals surface area contributed by atoms with Crippen LogP contribution in [0, 0.1) is 6.92 Å². The summed E-state index contributed by atoms with van der Waals surface area (Å²) in [5.74, 6) is 1.02. The number of carbonyl (C=O) groups is 1. The van der Waals surface area contributed by atoms with Gasteiger partial charge in [0.25, 0.3) is 5.91 Å². The molecule has 0 aliphatic carbocycles. The highest BCUT2D eigenvalue weighted by Crippen LogP contribution is 2.29. The summed E-state index contributed by atoms with van der Waals surface area (Å²) in [7, 11) is 3.06. The van der Waals surface area contributed by atoms with E-state index in [9.17, 15) is 9.59 Å². The normalized spacial score (nSPS) is 10.9. The SMILES string of the molecule is COc1cccc(/C=N/NC(=O)COc2ccc3c(C)cc(=O)oc3c2)c1OC. The lowest BCUT2D eigenvalue weighted by Crippen LogP contribution is -2.24. The van der Waals surface area contributed by atoms with Gasteiger partial charge in [-0.1, -0.05) is 6.07 Å². The molecule has 0 aliphatic rings. The number of ether oxygens (including phenoxy) is 3. The van der Waals surface area contributed by atoms with Gasteiger partial charge in [-0.15, -0.1) is 0 Å². The van der Waals surface area contributed by atoms with Crippen LogP contribution in [0.15, 0.2) is 56.8 Å². The number of hydrogen-bond donors (Lipinski definition) is 1. The van der Waals surface area contributed by atoms with E-state index >= 15 is 0 Å². The molecule has 0 unspecified atom stereocenters. The fourth-order valence-corrected chi connectivity index (χ4v) is 2.76. The largest absolute Gasteiger partial charge is 0.493 e. The average Bonchev–Trinajstić information content (AvgIpc) is 2.71. The van der Waals surface area contributed by atoms with Crippen molar-refractivity contribution in [3.05, 3.63) is 64.0 Å². The van der Waals surface area contributed by atoms with E-state index in [1.165, 1.54) is 26.5 Å². The van der Waals surface area contributed by atoms with Gasteiger partial charge in [-0.05, 0) is 36.8 Å². The minimum Gasteiger partial charge on any atom is -0.493 e. The van der Waals surface area contributed by atoms with Crippen LogP contribution in [0.3, 0.4) is 0 Å². The Kier molecular flexibility index (Phi) is 6.13. The van der Waals surface area contributed by atoms with E-state index in [4.69, 9.17) is 18.6 Å². The number of methoxy groups -OCH3 is 2. The highest BCUT2D eigenvalue weighted by molar-refractivity contribution is 5.87. The van der Waals surface area contributed by atoms with Gasteiger partial charge in [0.1, 0.15) is 11.3 Å². The lowest BCUT2D eigenvalue weighted by atomic mass is 10.1. The quantitative estimate of drug-likeness (QED) is 0.374. The second kappa shape index (κ2) is 8.92. The van der Waals surface area contributed by atoms with Crippen LogP contribution in [0.25, 0.3) is 11.0 Å². The standard InChI is InChI=1S/C21H20N2O6/c1-13-9-20(25)29-18-10-15(7-8-16(13)18)28-12-19(24)23-22-11-14-5-4-6-17(26-2)21(14)27-3/h4-11H,12H2,1-3H3,(H,23,24)/b22-11+. The van der Waals surface area contributed by atoms with Crippen molar-refractivity contribution in [3.8, 4) is 17.2 Å². The Morgan fingerprint density at radius 3 is 2.76 bits per heavy atom. The van der Waals surface area contributed by atoms with Crippen molar-refractivity contribution in [1.82, 2.24) is 5.43 Å². The summed E-state index contributed by atoms with van der Waals surface area (Å²) in [4.78, 5) is 23.5. The third kappa shape index (κ3) is 4.73. The van der Waals surface area contributed by atoms with E-state index < -0.39 is 11.5 Å². The first kappa shape index (κ1) is 19.9. The fourth-order valence-electron chi connectivity index (χ4n) is 2.76. The van der Waals surface area contributed by atoms with Crippen molar-refractivity contribution in [3.63, 3.8) is 0 Å². The predicted molar refractivity (Wildman–Crippen MR) is 108 cm³/mol. The highest BCUT2D eigenvalue weighted by Gasteiger charge is 2.08. The molecular weight excluding hydrogens is 376 g/mol. The zero-order valence-corrected chi connectivity index (χ0v) is 16.2. The lowest BCUT2D eigenvalue weighted by Gasteiger charge is -2.09. The van der Waals surface area contributed by atoms with Crippen LogP contribution in [0.5, 0.6) is 17.2 Å². The Labute approximate surface area is 166 Å². The van der Waals surface area contributed by atoms with Gasteiger partial charge in [0.15, 0.2) is 18.1 Å². The van der Waals surface area contributed by atoms with Crippen molar-refractivity contribution in [2.24, 2.45) is 5.10 Å². The molecule has 0 spiro atoms. The Bertz CT molecular complexity index is 1120. The van der Waals surface area contributed by atoms with Crippen molar-refractivity contribution in [2.75, 3.05) is 20.8 Å². The highest BCUT2D eigenvalue weighted by atomic mass is 16.5. The molecule has 1 N–H and O–H groups in total. The number of para-hydroxylation sites is 1. The fraction of sp³-hybridized carbons (Fsp3) is 0.190. The summed E-state index contributed by atoms with van der Waals surface area (Å²) in [6, 6.07) is 11.8. The van der Waals surface area contributed by atoms with Crippen LogP contribution in [-0.4, -0.2) is 32.9 Å². The van der Waals surface area contributed by atoms with Gasteiger partial charge in [0.2, 0.25) is 0 Å². The number of amides is 1. The number of hydrazone groups is 1. The van der Waals surface area contributed by atoms with Crippen molar-refractivity contribution in [1.29, 1.82) is 0 Å². The molecule has 0 radical (unpaired) electrons. The Hall–Kier alpha value is -3.81. The maximum atomic E-state index is 12.0. The van der Waals surface area contributed by atoms with Gasteiger partial charge < -0.3 is 18.6 Å². The summed E-state index contributed by atoms with van der Waals surface area (Å²) in [5.41, 5.74) is 3.80. The first-order chi connectivity index (χ1) is 14.0. The van der Waals surface area contributed by atoms with Gasteiger partial charge in [-0.25, -0.2) is 10.2 Å². The van der Waals surface area contributed by atoms with E-state index in [1.807, 2.05) is 6.92 Å². The molecule has 1 amide bonds. The molecule has 0 aliphatic heterocycles. The van der Waals surface area contributed by atoms with Crippen molar-refractivity contribution < 1.29 is 23.4 Å². The number of nitrogens with zero attached hydrogens (tertiary/aromatic N) is 1. The van der Waals surface area contributed by atoms with E-state index in [0.29, 0.717) is 28.4 Å². The molecule has 1 heterocycles. The van der Waals surface area contributed by atoms with Gasteiger partial charge in [0.05, 0.1) is 20.4 Å². The molecule has 0 saturated carbocycles. The van der Waals surface area contributed by atoms with Crippen LogP contribution < -0.4 is 25.3 Å². The number of aryl methyl sites for hydroxylation is 1. The maximum absolute atomic E-state index is 12.0. The molecule has 8 nitrogen and oxygen atoms in total. The summed E-state index contributed by atoms with van der Waals surface area (Å²) in [5, 5.41) is 4.71. The second-order valence-corrected chi connectivity index (χ2v) is 6.07. The van der Waals surface area contributed by atoms with Crippen molar-refractivity contribution >= 4 is 23.1 Å². The minimum absolute atomic E-state index is 0.256. The summed E-state index contributed by atoms with van der Waals surface area (Å²) < 4.78 is 21.1. The smallest absolute Gasteiger partial charge is 0.336 e. The number of fused-ring (bicyclic) bond motifs is 1. The molecule has 29 heavy (non-hydrogen) atoms. The van der Waals surface area contributed by atoms with Crippen LogP contribution >= 0.6 is 0 Å². The monoisotopic (exact) mass is 396 g/mol. The van der Waals surface area contributed by atoms with Crippen LogP contribution in [0.4, 0.5) is 0 Å². The third-order valence-electron chi connectivity index (χ3n) is 4.12. The summed E-state index contributed by atoms with van der Waals surface area (Å²) >= 11 is 0. The molecule has 0 saturated heterocycles. The van der Waals surface area contributed by atoms with E-state index in [2.05, 4.69) is 10.5 Å². The second-order valence-electron chi connectivity index (χ2n) is 6.07. The van der Waals surface area contributed by atoms with Crippen LogP contribution in [0.1, 0.15) is 11.1 Å². The molecule has 8 heteroatoms. The minimum atomic E-state index is -0.450. The number of hydrogen-bond acceptors (Lipinski definition) is 7. The number of carbonyl (C=O) groups excluding carboxylic acids is 1. The van der Waals surface area contributed by atoms with E-state index in [1.54, 1.807) is 36.4 Å². The van der Waals surface area contributed by atoms with Gasteiger partial charge in [-0.2, -0.15) is 5.10 Å². The van der Waals surface area contributed by atoms with Gasteiger partial charge >= 0.3 is 5.63 Å². The predicted octanol–water partition coefficient (Wildman–Crippen LogP) is 2.65. The zero-order chi connectivity index (χ0) is 20.8. The molecule has 3 rings (SSSR count). The Balaban J connectivity index is 1.61. The third-order valence-corrected chi connectivity index (χ3v) is 4.12.